The van der Waals surface area contributed by atoms with Crippen LogP contribution in [-0.4, -0.2) is 19.1 Å². The van der Waals surface area contributed by atoms with E-state index in [1.165, 1.54) is 0 Å². The monoisotopic (exact) mass is 235 g/mol. The maximum atomic E-state index is 11.6. The van der Waals surface area contributed by atoms with Crippen LogP contribution in [0.25, 0.3) is 0 Å². The zero-order valence-electron chi connectivity index (χ0n) is 10.6. The topological polar surface area (TPSA) is 38.3 Å². The second-order valence-electron chi connectivity index (χ2n) is 4.20. The summed E-state index contributed by atoms with van der Waals surface area (Å²) in [7, 11) is 0. The van der Waals surface area contributed by atoms with Crippen LogP contribution in [-0.2, 0) is 16.1 Å². The number of esters is 1. The average molecular weight is 235 g/mol. The molecule has 3 nitrogen and oxygen atoms in total. The second-order valence-corrected chi connectivity index (χ2v) is 4.20. The summed E-state index contributed by atoms with van der Waals surface area (Å²) in [6, 6.07) is 9.73. The number of ether oxygens (including phenoxy) is 1. The molecule has 1 rings (SSSR count). The van der Waals surface area contributed by atoms with E-state index in [1.807, 2.05) is 37.3 Å². The van der Waals surface area contributed by atoms with E-state index < -0.39 is 0 Å². The molecule has 0 aliphatic rings. The molecule has 0 saturated heterocycles. The van der Waals surface area contributed by atoms with E-state index in [-0.39, 0.29) is 11.9 Å². The first-order chi connectivity index (χ1) is 8.24. The quantitative estimate of drug-likeness (QED) is 0.582. The molecule has 1 N–H and O–H groups in total. The second kappa shape index (κ2) is 7.85. The van der Waals surface area contributed by atoms with Gasteiger partial charge in [-0.3, -0.25) is 4.79 Å². The van der Waals surface area contributed by atoms with Crippen molar-refractivity contribution in [1.82, 2.24) is 5.32 Å². The highest BCUT2D eigenvalue weighted by molar-refractivity contribution is 5.72. The molecule has 1 aromatic rings. The first-order valence-corrected chi connectivity index (χ1v) is 6.15. The summed E-state index contributed by atoms with van der Waals surface area (Å²) in [6.45, 7) is 5.97. The molecule has 0 amide bonds. The Morgan fingerprint density at radius 1 is 1.35 bits per heavy atom. The van der Waals surface area contributed by atoms with Crippen molar-refractivity contribution in [1.29, 1.82) is 0 Å². The van der Waals surface area contributed by atoms with Crippen LogP contribution in [0.3, 0.4) is 0 Å². The Kier molecular flexibility index (Phi) is 6.33. The van der Waals surface area contributed by atoms with Crippen LogP contribution in [0.5, 0.6) is 0 Å². The fourth-order valence-corrected chi connectivity index (χ4v) is 1.45. The van der Waals surface area contributed by atoms with Gasteiger partial charge >= 0.3 is 5.97 Å². The molecular formula is C14H21NO2. The molecule has 1 aromatic carbocycles. The van der Waals surface area contributed by atoms with E-state index >= 15 is 0 Å². The third kappa shape index (κ3) is 5.50. The van der Waals surface area contributed by atoms with Crippen molar-refractivity contribution in [3.63, 3.8) is 0 Å². The summed E-state index contributed by atoms with van der Waals surface area (Å²) in [5.74, 6) is -0.234. The van der Waals surface area contributed by atoms with Gasteiger partial charge in [-0.05, 0) is 18.5 Å². The van der Waals surface area contributed by atoms with Crippen LogP contribution < -0.4 is 5.32 Å². The minimum absolute atomic E-state index is 0.0923. The zero-order valence-corrected chi connectivity index (χ0v) is 10.6. The fraction of sp³-hybridized carbons (Fsp3) is 0.500. The summed E-state index contributed by atoms with van der Waals surface area (Å²) < 4.78 is 5.24. The van der Waals surface area contributed by atoms with Gasteiger partial charge in [-0.25, -0.2) is 0 Å². The first kappa shape index (κ1) is 13.7. The largest absolute Gasteiger partial charge is 0.461 e. The van der Waals surface area contributed by atoms with Gasteiger partial charge in [-0.15, -0.1) is 0 Å². The van der Waals surface area contributed by atoms with Gasteiger partial charge in [-0.2, -0.15) is 0 Å². The Hall–Kier alpha value is -1.35. The molecule has 0 heterocycles. The van der Waals surface area contributed by atoms with Crippen molar-refractivity contribution < 1.29 is 9.53 Å². The van der Waals surface area contributed by atoms with E-state index in [9.17, 15) is 4.79 Å². The number of benzene rings is 1. The highest BCUT2D eigenvalue weighted by Gasteiger charge is 2.13. The molecule has 0 aliphatic heterocycles. The Morgan fingerprint density at radius 3 is 2.71 bits per heavy atom. The van der Waals surface area contributed by atoms with E-state index in [4.69, 9.17) is 4.74 Å². The molecular weight excluding hydrogens is 214 g/mol. The molecule has 94 valence electrons. The predicted molar refractivity (Wildman–Crippen MR) is 68.6 cm³/mol. The number of carbonyl (C=O) groups is 1. The molecule has 0 fully saturated rings. The van der Waals surface area contributed by atoms with Crippen LogP contribution >= 0.6 is 0 Å². The molecule has 3 heteroatoms. The number of carbonyl (C=O) groups excluding carboxylic acids is 1. The maximum absolute atomic E-state index is 11.6. The lowest BCUT2D eigenvalue weighted by Crippen LogP contribution is -2.28. The third-order valence-corrected chi connectivity index (χ3v) is 2.50. The normalized spacial score (nSPS) is 12.1. The molecule has 0 spiro atoms. The van der Waals surface area contributed by atoms with E-state index in [0.717, 1.165) is 18.5 Å². The van der Waals surface area contributed by atoms with Crippen molar-refractivity contribution in [2.75, 3.05) is 13.1 Å². The summed E-state index contributed by atoms with van der Waals surface area (Å²) >= 11 is 0. The molecule has 1 unspecified atom stereocenters. The van der Waals surface area contributed by atoms with Crippen molar-refractivity contribution in [2.45, 2.75) is 26.9 Å². The van der Waals surface area contributed by atoms with Gasteiger partial charge in [0.1, 0.15) is 6.61 Å². The number of nitrogens with one attached hydrogen (secondary N) is 1. The van der Waals surface area contributed by atoms with Gasteiger partial charge in [0.25, 0.3) is 0 Å². The van der Waals surface area contributed by atoms with E-state index in [1.54, 1.807) is 0 Å². The van der Waals surface area contributed by atoms with Crippen LogP contribution in [0, 0.1) is 5.92 Å². The zero-order chi connectivity index (χ0) is 12.5. The summed E-state index contributed by atoms with van der Waals surface area (Å²) in [4.78, 5) is 11.6. The van der Waals surface area contributed by atoms with Gasteiger partial charge in [0.15, 0.2) is 0 Å². The van der Waals surface area contributed by atoms with Gasteiger partial charge in [-0.1, -0.05) is 44.2 Å². The summed E-state index contributed by atoms with van der Waals surface area (Å²) in [5.41, 5.74) is 1.02. The SMILES string of the molecule is CCCNCC(C)C(=O)OCc1ccccc1. The van der Waals surface area contributed by atoms with Crippen molar-refractivity contribution in [3.8, 4) is 0 Å². The van der Waals surface area contributed by atoms with Gasteiger partial charge < -0.3 is 10.1 Å². The highest BCUT2D eigenvalue weighted by atomic mass is 16.5. The molecule has 17 heavy (non-hydrogen) atoms. The maximum Gasteiger partial charge on any atom is 0.310 e. The van der Waals surface area contributed by atoms with E-state index in [2.05, 4.69) is 12.2 Å². The standard InChI is InChI=1S/C14H21NO2/c1-3-9-15-10-12(2)14(16)17-11-13-7-5-4-6-8-13/h4-8,12,15H,3,9-11H2,1-2H3. The van der Waals surface area contributed by atoms with Crippen LogP contribution in [0.1, 0.15) is 25.8 Å². The molecule has 0 bridgehead atoms. The van der Waals surface area contributed by atoms with Crippen molar-refractivity contribution >= 4 is 5.97 Å². The first-order valence-electron chi connectivity index (χ1n) is 6.15. The van der Waals surface area contributed by atoms with E-state index in [0.29, 0.717) is 13.2 Å². The molecule has 0 aliphatic carbocycles. The predicted octanol–water partition coefficient (Wildman–Crippen LogP) is 2.37. The molecule has 0 radical (unpaired) electrons. The molecule has 1 atom stereocenters. The molecule has 0 saturated carbocycles. The number of hydrogen-bond acceptors (Lipinski definition) is 3. The van der Waals surface area contributed by atoms with Crippen LogP contribution in [0.2, 0.25) is 0 Å². The lowest BCUT2D eigenvalue weighted by Gasteiger charge is -2.12. The minimum Gasteiger partial charge on any atom is -0.461 e. The Balaban J connectivity index is 2.24. The Morgan fingerprint density at radius 2 is 2.06 bits per heavy atom. The smallest absolute Gasteiger partial charge is 0.310 e. The average Bonchev–Trinajstić information content (AvgIpc) is 2.37. The highest BCUT2D eigenvalue weighted by Crippen LogP contribution is 2.04. The van der Waals surface area contributed by atoms with Crippen molar-refractivity contribution in [3.05, 3.63) is 35.9 Å². The van der Waals surface area contributed by atoms with Crippen molar-refractivity contribution in [2.24, 2.45) is 5.92 Å². The minimum atomic E-state index is -0.141. The van der Waals surface area contributed by atoms with Gasteiger partial charge in [0.05, 0.1) is 5.92 Å². The number of hydrogen-bond donors (Lipinski definition) is 1. The summed E-state index contributed by atoms with van der Waals surface area (Å²) in [5, 5.41) is 3.21. The number of rotatable bonds is 7. The Bertz CT molecular complexity index is 324. The fourth-order valence-electron chi connectivity index (χ4n) is 1.45. The third-order valence-electron chi connectivity index (χ3n) is 2.50. The van der Waals surface area contributed by atoms with Gasteiger partial charge in [0, 0.05) is 6.54 Å². The lowest BCUT2D eigenvalue weighted by molar-refractivity contribution is -0.149. The Labute approximate surface area is 103 Å². The van der Waals surface area contributed by atoms with Crippen LogP contribution in [0.4, 0.5) is 0 Å². The van der Waals surface area contributed by atoms with Crippen LogP contribution in [0.15, 0.2) is 30.3 Å². The summed E-state index contributed by atoms with van der Waals surface area (Å²) in [6.07, 6.45) is 1.08. The lowest BCUT2D eigenvalue weighted by atomic mass is 10.2. The van der Waals surface area contributed by atoms with Gasteiger partial charge in [0.2, 0.25) is 0 Å². The molecule has 0 aromatic heterocycles.